The van der Waals surface area contributed by atoms with Gasteiger partial charge in [-0.3, -0.25) is 9.78 Å². The first-order valence-corrected chi connectivity index (χ1v) is 8.83. The second-order valence-electron chi connectivity index (χ2n) is 6.35. The Morgan fingerprint density at radius 2 is 2.12 bits per heavy atom. The van der Waals surface area contributed by atoms with E-state index in [1.165, 1.54) is 19.9 Å². The van der Waals surface area contributed by atoms with Crippen LogP contribution in [0.5, 0.6) is 0 Å². The number of hydrogen-bond acceptors (Lipinski definition) is 6. The van der Waals surface area contributed by atoms with Gasteiger partial charge in [-0.15, -0.1) is 0 Å². The fourth-order valence-corrected chi connectivity index (χ4v) is 5.26. The molecule has 1 aromatic rings. The number of amides is 1. The zero-order valence-electron chi connectivity index (χ0n) is 13.1. The summed E-state index contributed by atoms with van der Waals surface area (Å²) in [4.78, 5) is 28.9. The Kier molecular flexibility index (Phi) is 3.54. The minimum absolute atomic E-state index is 0.0415. The molecule has 2 aliphatic heterocycles. The third-order valence-electron chi connectivity index (χ3n) is 4.58. The highest BCUT2D eigenvalue weighted by atomic mass is 32.2. The zero-order valence-corrected chi connectivity index (χ0v) is 13.9. The van der Waals surface area contributed by atoms with Gasteiger partial charge in [-0.2, -0.15) is 0 Å². The number of aliphatic carboxylic acids is 1. The molecule has 0 aliphatic carbocycles. The van der Waals surface area contributed by atoms with Gasteiger partial charge in [0.2, 0.25) is 0 Å². The van der Waals surface area contributed by atoms with Crippen LogP contribution in [0.4, 0.5) is 0 Å². The van der Waals surface area contributed by atoms with Crippen molar-refractivity contribution in [1.29, 1.82) is 0 Å². The molecule has 3 rings (SSSR count). The SMILES string of the molecule is CC1(C)[C@H](C(=O)O)N2C(=O)/C(=C/c3ccc(CN)cn3)[C@H]2S1(=O)=O. The van der Waals surface area contributed by atoms with Crippen LogP contribution in [-0.2, 0) is 26.0 Å². The Morgan fingerprint density at radius 1 is 1.46 bits per heavy atom. The van der Waals surface area contributed by atoms with Gasteiger partial charge >= 0.3 is 5.97 Å². The zero-order chi connectivity index (χ0) is 17.9. The molecule has 2 aliphatic rings. The molecule has 1 aromatic heterocycles. The highest BCUT2D eigenvalue weighted by Gasteiger charge is 2.70. The van der Waals surface area contributed by atoms with Crippen molar-refractivity contribution in [2.45, 2.75) is 36.6 Å². The van der Waals surface area contributed by atoms with Gasteiger partial charge in [0.15, 0.2) is 21.3 Å². The molecule has 24 heavy (non-hydrogen) atoms. The predicted molar refractivity (Wildman–Crippen MR) is 85.2 cm³/mol. The maximum atomic E-state index is 12.7. The van der Waals surface area contributed by atoms with Crippen molar-refractivity contribution in [3.05, 3.63) is 35.2 Å². The van der Waals surface area contributed by atoms with Crippen LogP contribution in [0.1, 0.15) is 25.1 Å². The van der Waals surface area contributed by atoms with E-state index in [-0.39, 0.29) is 5.57 Å². The number of β-lactam (4-membered cyclic amide) rings is 1. The lowest BCUT2D eigenvalue weighted by Gasteiger charge is -2.37. The molecule has 128 valence electrons. The van der Waals surface area contributed by atoms with Crippen molar-refractivity contribution < 1.29 is 23.1 Å². The standard InChI is InChI=1S/C15H17N3O5S/c1-15(2)11(14(20)21)18-12(19)10(13(18)24(15,22)23)5-9-4-3-8(6-16)7-17-9/h3-5,7,11,13H,6,16H2,1-2H3,(H,20,21)/b10-5-/t11-,13+/m0/s1. The molecule has 0 radical (unpaired) electrons. The van der Waals surface area contributed by atoms with Crippen molar-refractivity contribution in [2.75, 3.05) is 0 Å². The van der Waals surface area contributed by atoms with Crippen molar-refractivity contribution >= 4 is 27.8 Å². The molecule has 0 spiro atoms. The number of carboxylic acids is 1. The molecule has 9 heteroatoms. The molecule has 0 aromatic carbocycles. The first-order chi connectivity index (χ1) is 11.1. The number of rotatable bonds is 3. The highest BCUT2D eigenvalue weighted by Crippen LogP contribution is 2.48. The van der Waals surface area contributed by atoms with Crippen LogP contribution >= 0.6 is 0 Å². The second kappa shape index (κ2) is 5.12. The van der Waals surface area contributed by atoms with E-state index in [1.54, 1.807) is 18.3 Å². The highest BCUT2D eigenvalue weighted by molar-refractivity contribution is 7.94. The number of carbonyl (C=O) groups is 2. The summed E-state index contributed by atoms with van der Waals surface area (Å²) in [7, 11) is -3.87. The summed E-state index contributed by atoms with van der Waals surface area (Å²) in [6, 6.07) is 1.96. The Bertz CT molecular complexity index is 858. The quantitative estimate of drug-likeness (QED) is 0.567. The molecule has 8 nitrogen and oxygen atoms in total. The first kappa shape index (κ1) is 16.6. The maximum Gasteiger partial charge on any atom is 0.328 e. The van der Waals surface area contributed by atoms with Gasteiger partial charge in [0, 0.05) is 12.7 Å². The van der Waals surface area contributed by atoms with Crippen molar-refractivity contribution in [3.8, 4) is 0 Å². The number of aromatic nitrogens is 1. The molecule has 0 bridgehead atoms. The fraction of sp³-hybridized carbons (Fsp3) is 0.400. The van der Waals surface area contributed by atoms with E-state index in [4.69, 9.17) is 5.73 Å². The van der Waals surface area contributed by atoms with Crippen LogP contribution < -0.4 is 5.73 Å². The van der Waals surface area contributed by atoms with Crippen molar-refractivity contribution in [1.82, 2.24) is 9.88 Å². The molecular formula is C15H17N3O5S. The maximum absolute atomic E-state index is 12.7. The smallest absolute Gasteiger partial charge is 0.328 e. The Morgan fingerprint density at radius 3 is 2.62 bits per heavy atom. The lowest BCUT2D eigenvalue weighted by molar-refractivity contribution is -0.152. The van der Waals surface area contributed by atoms with Gasteiger partial charge in [0.05, 0.1) is 11.3 Å². The molecule has 3 N–H and O–H groups in total. The van der Waals surface area contributed by atoms with E-state index in [2.05, 4.69) is 4.98 Å². The number of carbonyl (C=O) groups excluding carboxylic acids is 1. The Balaban J connectivity index is 2.04. The lowest BCUT2D eigenvalue weighted by atomic mass is 9.95. The average Bonchev–Trinajstić information content (AvgIpc) is 2.66. The van der Waals surface area contributed by atoms with E-state index in [9.17, 15) is 23.1 Å². The summed E-state index contributed by atoms with van der Waals surface area (Å²) in [5.74, 6) is -1.92. The number of nitrogens with zero attached hydrogens (tertiary/aromatic N) is 2. The van der Waals surface area contributed by atoms with Gasteiger partial charge < -0.3 is 15.7 Å². The van der Waals surface area contributed by atoms with Crippen LogP contribution in [0.25, 0.3) is 6.08 Å². The van der Waals surface area contributed by atoms with E-state index in [1.807, 2.05) is 0 Å². The molecular weight excluding hydrogens is 334 g/mol. The molecule has 0 saturated carbocycles. The average molecular weight is 351 g/mol. The number of pyridine rings is 1. The monoisotopic (exact) mass is 351 g/mol. The predicted octanol–water partition coefficient (Wildman–Crippen LogP) is -0.248. The first-order valence-electron chi connectivity index (χ1n) is 7.28. The minimum atomic E-state index is -3.87. The fourth-order valence-electron chi connectivity index (χ4n) is 3.14. The van der Waals surface area contributed by atoms with Gasteiger partial charge in [-0.1, -0.05) is 6.07 Å². The van der Waals surface area contributed by atoms with Gasteiger partial charge in [-0.05, 0) is 31.6 Å². The van der Waals surface area contributed by atoms with Crippen LogP contribution in [0.2, 0.25) is 0 Å². The van der Waals surface area contributed by atoms with E-state index < -0.39 is 37.9 Å². The number of carboxylic acid groups (broad SMARTS) is 1. The largest absolute Gasteiger partial charge is 0.480 e. The summed E-state index contributed by atoms with van der Waals surface area (Å²) < 4.78 is 23.8. The van der Waals surface area contributed by atoms with E-state index >= 15 is 0 Å². The van der Waals surface area contributed by atoms with E-state index in [0.717, 1.165) is 10.5 Å². The van der Waals surface area contributed by atoms with Crippen LogP contribution in [0, 0.1) is 0 Å². The summed E-state index contributed by atoms with van der Waals surface area (Å²) in [5.41, 5.74) is 6.75. The third kappa shape index (κ3) is 2.01. The molecule has 2 fully saturated rings. The van der Waals surface area contributed by atoms with Crippen LogP contribution in [0.3, 0.4) is 0 Å². The summed E-state index contributed by atoms with van der Waals surface area (Å²) >= 11 is 0. The van der Waals surface area contributed by atoms with Crippen LogP contribution in [0.15, 0.2) is 23.9 Å². The minimum Gasteiger partial charge on any atom is -0.480 e. The second-order valence-corrected chi connectivity index (χ2v) is 8.94. The summed E-state index contributed by atoms with van der Waals surface area (Å²) in [6.07, 6.45) is 2.93. The summed E-state index contributed by atoms with van der Waals surface area (Å²) in [6.45, 7) is 2.99. The Hall–Kier alpha value is -2.26. The number of hydrogen-bond donors (Lipinski definition) is 2. The molecule has 2 saturated heterocycles. The number of sulfone groups is 1. The molecule has 3 heterocycles. The van der Waals surface area contributed by atoms with Crippen LogP contribution in [-0.4, -0.2) is 51.4 Å². The summed E-state index contributed by atoms with van der Waals surface area (Å²) in [5, 5.41) is 8.11. The topological polar surface area (TPSA) is 131 Å². The Labute approximate surface area is 138 Å². The van der Waals surface area contributed by atoms with Crippen molar-refractivity contribution in [3.63, 3.8) is 0 Å². The molecule has 0 unspecified atom stereocenters. The van der Waals surface area contributed by atoms with Gasteiger partial charge in [0.25, 0.3) is 5.91 Å². The van der Waals surface area contributed by atoms with Crippen molar-refractivity contribution in [2.24, 2.45) is 5.73 Å². The van der Waals surface area contributed by atoms with Gasteiger partial charge in [-0.25, -0.2) is 13.2 Å². The third-order valence-corrected chi connectivity index (χ3v) is 7.34. The normalized spacial score (nSPS) is 28.5. The lowest BCUT2D eigenvalue weighted by Crippen LogP contribution is -2.58. The molecule has 2 atom stereocenters. The number of nitrogens with two attached hydrogens (primary N) is 1. The number of fused-ring (bicyclic) bond motifs is 1. The van der Waals surface area contributed by atoms with E-state index in [0.29, 0.717) is 12.2 Å². The molecule has 1 amide bonds. The van der Waals surface area contributed by atoms with Gasteiger partial charge in [0.1, 0.15) is 4.75 Å².